The third kappa shape index (κ3) is 3.95. The van der Waals surface area contributed by atoms with Crippen molar-refractivity contribution in [2.45, 2.75) is 59.4 Å². The lowest BCUT2D eigenvalue weighted by Gasteiger charge is -2.40. The van der Waals surface area contributed by atoms with Gasteiger partial charge >= 0.3 is 0 Å². The lowest BCUT2D eigenvalue weighted by atomic mass is 9.75. The predicted octanol–water partition coefficient (Wildman–Crippen LogP) is 1.90. The lowest BCUT2D eigenvalue weighted by Crippen LogP contribution is -2.49. The Morgan fingerprint density at radius 3 is 2.33 bits per heavy atom. The van der Waals surface area contributed by atoms with Crippen LogP contribution in [-0.4, -0.2) is 30.4 Å². The van der Waals surface area contributed by atoms with E-state index in [0.717, 1.165) is 6.54 Å². The van der Waals surface area contributed by atoms with Gasteiger partial charge in [0.2, 0.25) is 5.91 Å². The van der Waals surface area contributed by atoms with Gasteiger partial charge in [-0.1, -0.05) is 13.8 Å². The Balaban J connectivity index is 2.51. The maximum atomic E-state index is 11.7. The summed E-state index contributed by atoms with van der Waals surface area (Å²) in [5.74, 6) is 5.14. The van der Waals surface area contributed by atoms with Crippen LogP contribution in [0.4, 0.5) is 0 Å². The molecule has 4 nitrogen and oxygen atoms in total. The van der Waals surface area contributed by atoms with E-state index in [1.165, 1.54) is 25.7 Å². The Morgan fingerprint density at radius 1 is 1.39 bits per heavy atom. The largest absolute Gasteiger partial charge is 0.302 e. The number of hydrogen-bond acceptors (Lipinski definition) is 3. The topological polar surface area (TPSA) is 58.4 Å². The lowest BCUT2D eigenvalue weighted by molar-refractivity contribution is -0.130. The van der Waals surface area contributed by atoms with Gasteiger partial charge in [-0.3, -0.25) is 10.2 Å². The molecule has 0 atom stereocenters. The Labute approximate surface area is 111 Å². The molecule has 0 spiro atoms. The SMILES string of the molecule is CN(CC(C)(C)C(=O)NN)C1CCC(C)(C)CC1. The summed E-state index contributed by atoms with van der Waals surface area (Å²) in [4.78, 5) is 14.0. The van der Waals surface area contributed by atoms with E-state index in [2.05, 4.69) is 31.2 Å². The number of hydrogen-bond donors (Lipinski definition) is 2. The van der Waals surface area contributed by atoms with Crippen LogP contribution in [0.15, 0.2) is 0 Å². The van der Waals surface area contributed by atoms with Gasteiger partial charge in [0, 0.05) is 12.6 Å². The van der Waals surface area contributed by atoms with Gasteiger partial charge in [-0.15, -0.1) is 0 Å². The summed E-state index contributed by atoms with van der Waals surface area (Å²) in [7, 11) is 2.12. The molecule has 1 saturated carbocycles. The van der Waals surface area contributed by atoms with E-state index in [1.807, 2.05) is 13.8 Å². The molecule has 4 heteroatoms. The molecule has 1 rings (SSSR count). The molecule has 0 unspecified atom stereocenters. The van der Waals surface area contributed by atoms with Crippen molar-refractivity contribution in [3.05, 3.63) is 0 Å². The second-order valence-electron chi connectivity index (χ2n) is 7.17. The van der Waals surface area contributed by atoms with Crippen molar-refractivity contribution in [1.29, 1.82) is 0 Å². The Morgan fingerprint density at radius 2 is 1.89 bits per heavy atom. The van der Waals surface area contributed by atoms with Gasteiger partial charge in [-0.05, 0) is 52.0 Å². The van der Waals surface area contributed by atoms with E-state index in [0.29, 0.717) is 11.5 Å². The van der Waals surface area contributed by atoms with Crippen molar-refractivity contribution < 1.29 is 4.79 Å². The summed E-state index contributed by atoms with van der Waals surface area (Å²) >= 11 is 0. The molecule has 0 radical (unpaired) electrons. The van der Waals surface area contributed by atoms with Crippen LogP contribution < -0.4 is 11.3 Å². The van der Waals surface area contributed by atoms with E-state index in [9.17, 15) is 4.79 Å². The maximum absolute atomic E-state index is 11.7. The van der Waals surface area contributed by atoms with Gasteiger partial charge in [0.05, 0.1) is 5.41 Å². The molecule has 0 aromatic rings. The minimum atomic E-state index is -0.434. The molecule has 18 heavy (non-hydrogen) atoms. The average molecular weight is 255 g/mol. The van der Waals surface area contributed by atoms with Gasteiger partial charge in [-0.25, -0.2) is 5.84 Å². The zero-order valence-corrected chi connectivity index (χ0v) is 12.5. The number of carbonyl (C=O) groups excluding carboxylic acids is 1. The van der Waals surface area contributed by atoms with Gasteiger partial charge < -0.3 is 4.90 Å². The van der Waals surface area contributed by atoms with Crippen LogP contribution in [0.2, 0.25) is 0 Å². The first-order valence-electron chi connectivity index (χ1n) is 6.89. The second-order valence-corrected chi connectivity index (χ2v) is 7.17. The molecule has 1 amide bonds. The molecule has 1 aliphatic carbocycles. The molecule has 3 N–H and O–H groups in total. The van der Waals surface area contributed by atoms with Crippen LogP contribution in [0.1, 0.15) is 53.4 Å². The van der Waals surface area contributed by atoms with Crippen molar-refractivity contribution >= 4 is 5.91 Å². The fourth-order valence-electron chi connectivity index (χ4n) is 2.84. The van der Waals surface area contributed by atoms with E-state index in [-0.39, 0.29) is 5.91 Å². The Hall–Kier alpha value is -0.610. The van der Waals surface area contributed by atoms with E-state index in [1.54, 1.807) is 0 Å². The second kappa shape index (κ2) is 5.57. The standard InChI is InChI=1S/C14H29N3O/c1-13(2)8-6-11(7-9-13)17(5)10-14(3,4)12(18)16-15/h11H,6-10,15H2,1-5H3,(H,16,18). The molecular formula is C14H29N3O. The highest BCUT2D eigenvalue weighted by Gasteiger charge is 2.33. The average Bonchev–Trinajstić information content (AvgIpc) is 2.26. The number of rotatable bonds is 4. The van der Waals surface area contributed by atoms with Crippen molar-refractivity contribution in [1.82, 2.24) is 10.3 Å². The van der Waals surface area contributed by atoms with Gasteiger partial charge in [0.25, 0.3) is 0 Å². The van der Waals surface area contributed by atoms with Crippen LogP contribution in [0.25, 0.3) is 0 Å². The van der Waals surface area contributed by atoms with Gasteiger partial charge in [0.15, 0.2) is 0 Å². The summed E-state index contributed by atoms with van der Waals surface area (Å²) in [6.07, 6.45) is 4.99. The first kappa shape index (κ1) is 15.4. The van der Waals surface area contributed by atoms with Crippen LogP contribution in [0.5, 0.6) is 0 Å². The molecule has 0 aromatic carbocycles. The van der Waals surface area contributed by atoms with Crippen molar-refractivity contribution in [2.24, 2.45) is 16.7 Å². The monoisotopic (exact) mass is 255 g/mol. The molecular weight excluding hydrogens is 226 g/mol. The van der Waals surface area contributed by atoms with Crippen LogP contribution in [-0.2, 0) is 4.79 Å². The van der Waals surface area contributed by atoms with Crippen LogP contribution in [0.3, 0.4) is 0 Å². The van der Waals surface area contributed by atoms with Crippen LogP contribution in [0, 0.1) is 10.8 Å². The number of nitrogens with one attached hydrogen (secondary N) is 1. The van der Waals surface area contributed by atoms with Gasteiger partial charge in [0.1, 0.15) is 0 Å². The number of hydrazine groups is 1. The predicted molar refractivity (Wildman–Crippen MR) is 74.8 cm³/mol. The summed E-state index contributed by atoms with van der Waals surface area (Å²) in [5.41, 5.74) is 2.31. The maximum Gasteiger partial charge on any atom is 0.240 e. The molecule has 1 fully saturated rings. The number of nitrogens with two attached hydrogens (primary N) is 1. The highest BCUT2D eigenvalue weighted by Crippen LogP contribution is 2.37. The fraction of sp³-hybridized carbons (Fsp3) is 0.929. The van der Waals surface area contributed by atoms with Crippen molar-refractivity contribution in [3.8, 4) is 0 Å². The highest BCUT2D eigenvalue weighted by molar-refractivity contribution is 5.81. The summed E-state index contributed by atoms with van der Waals surface area (Å²) in [6.45, 7) is 9.32. The minimum absolute atomic E-state index is 0.0921. The summed E-state index contributed by atoms with van der Waals surface area (Å²) < 4.78 is 0. The van der Waals surface area contributed by atoms with E-state index >= 15 is 0 Å². The summed E-state index contributed by atoms with van der Waals surface area (Å²) in [5, 5.41) is 0. The normalized spacial score (nSPS) is 21.1. The third-order valence-electron chi connectivity index (χ3n) is 4.32. The number of carbonyl (C=O) groups is 1. The Bertz CT molecular complexity index is 289. The number of amides is 1. The van der Waals surface area contributed by atoms with Crippen molar-refractivity contribution in [2.75, 3.05) is 13.6 Å². The molecule has 1 aliphatic rings. The molecule has 0 bridgehead atoms. The van der Waals surface area contributed by atoms with E-state index in [4.69, 9.17) is 5.84 Å². The van der Waals surface area contributed by atoms with Crippen molar-refractivity contribution in [3.63, 3.8) is 0 Å². The minimum Gasteiger partial charge on any atom is -0.302 e. The Kier molecular flexibility index (Phi) is 4.78. The fourth-order valence-corrected chi connectivity index (χ4v) is 2.84. The number of nitrogens with zero attached hydrogens (tertiary/aromatic N) is 1. The molecule has 0 saturated heterocycles. The molecule has 0 aliphatic heterocycles. The first-order chi connectivity index (χ1) is 8.18. The molecule has 106 valence electrons. The van der Waals surface area contributed by atoms with E-state index < -0.39 is 5.41 Å². The highest BCUT2D eigenvalue weighted by atomic mass is 16.2. The third-order valence-corrected chi connectivity index (χ3v) is 4.32. The molecule has 0 aromatic heterocycles. The summed E-state index contributed by atoms with van der Waals surface area (Å²) in [6, 6.07) is 0.600. The van der Waals surface area contributed by atoms with Crippen LogP contribution >= 0.6 is 0 Å². The molecule has 0 heterocycles. The quantitative estimate of drug-likeness (QED) is 0.458. The zero-order valence-electron chi connectivity index (χ0n) is 12.5. The zero-order chi connectivity index (χ0) is 14.0. The first-order valence-corrected chi connectivity index (χ1v) is 6.89. The van der Waals surface area contributed by atoms with Gasteiger partial charge in [-0.2, -0.15) is 0 Å². The smallest absolute Gasteiger partial charge is 0.240 e.